The quantitative estimate of drug-likeness (QED) is 0.0277. The molecule has 2 aliphatic rings. The maximum atomic E-state index is 13.6. The molecule has 10 atom stereocenters. The number of amides is 15. The van der Waals surface area contributed by atoms with Crippen molar-refractivity contribution in [2.24, 2.45) is 11.7 Å². The number of imide groups is 1. The van der Waals surface area contributed by atoms with Gasteiger partial charge >= 0.3 is 29.8 Å². The first-order valence-corrected chi connectivity index (χ1v) is 30.3. The minimum atomic E-state index is -2.01. The van der Waals surface area contributed by atoms with Gasteiger partial charge in [-0.05, 0) is 63.0 Å². The minimum absolute atomic E-state index is 0.00189. The van der Waals surface area contributed by atoms with Crippen molar-refractivity contribution in [2.45, 2.75) is 146 Å². The van der Waals surface area contributed by atoms with Gasteiger partial charge in [0.25, 0.3) is 11.8 Å². The Morgan fingerprint density at radius 2 is 0.949 bits per heavy atom. The van der Waals surface area contributed by atoms with E-state index in [0.29, 0.717) is 15.7 Å². The smallest absolute Gasteiger partial charge is 0.305 e. The molecule has 1 saturated heterocycles. The van der Waals surface area contributed by atoms with E-state index in [4.69, 9.17) is 10.8 Å². The number of carboxylic acids is 5. The van der Waals surface area contributed by atoms with Crippen molar-refractivity contribution in [3.8, 4) is 0 Å². The Hall–Kier alpha value is -11.7. The Kier molecular flexibility index (Phi) is 29.6. The van der Waals surface area contributed by atoms with E-state index in [1.807, 2.05) is 16.0 Å². The van der Waals surface area contributed by atoms with Crippen molar-refractivity contribution in [3.05, 3.63) is 47.5 Å². The Balaban J connectivity index is 1.27. The zero-order valence-corrected chi connectivity index (χ0v) is 53.2. The Morgan fingerprint density at radius 1 is 0.500 bits per heavy atom. The van der Waals surface area contributed by atoms with E-state index in [1.54, 1.807) is 38.1 Å². The lowest BCUT2D eigenvalue weighted by atomic mass is 9.94. The van der Waals surface area contributed by atoms with Gasteiger partial charge in [-0.1, -0.05) is 44.5 Å². The van der Waals surface area contributed by atoms with Crippen molar-refractivity contribution in [3.63, 3.8) is 0 Å². The van der Waals surface area contributed by atoms with Crippen LogP contribution in [0, 0.1) is 5.92 Å². The molecule has 0 aliphatic carbocycles. The van der Waals surface area contributed by atoms with Crippen LogP contribution in [0.25, 0.3) is 10.8 Å². The zero-order valence-electron chi connectivity index (χ0n) is 53.2. The van der Waals surface area contributed by atoms with Crippen LogP contribution >= 0.6 is 0 Å². The summed E-state index contributed by atoms with van der Waals surface area (Å²) in [5.74, 6) is -24.3. The number of carboxylic acid groups (broad SMARTS) is 5. The molecule has 2 aliphatic heterocycles. The van der Waals surface area contributed by atoms with Crippen LogP contribution in [0.3, 0.4) is 0 Å². The molecule has 98 heavy (non-hydrogen) atoms. The fourth-order valence-electron chi connectivity index (χ4n) is 9.94. The van der Waals surface area contributed by atoms with E-state index in [0.717, 1.165) is 11.8 Å². The van der Waals surface area contributed by atoms with Gasteiger partial charge in [0, 0.05) is 35.9 Å². The number of hydrogen-bond acceptors (Lipinski definition) is 20. The van der Waals surface area contributed by atoms with Gasteiger partial charge in [0.05, 0.1) is 38.9 Å². The van der Waals surface area contributed by atoms with Crippen LogP contribution in [0.5, 0.6) is 0 Å². The second-order valence-corrected chi connectivity index (χ2v) is 22.7. The lowest BCUT2D eigenvalue weighted by molar-refractivity contribution is -0.141. The average molecular weight is 1380 g/mol. The standard InChI is InChI=1S/C59H76N14O25/c1-5-26(2)48(57(96)63-24-41(77)72-18-8-13-37(72)56(95)69-33(15-17-43(80)81)54(93)68-32(49(60)88)14-16-42(78)79)71-51(90)27(3)64-38(74)22-61-52(91)34(19-44(82)83)66-39(75)23-62-53(92)35(20-45(84)85)70-50(89)28(4)65-55(94)36(21-46(86)87)67-40(76)25-73-58(97)30-11-6-9-29-10-7-12-31(47(29)30)59(73)98/h6-7,9-12,26-28,32-37,48H,5,8,13-25H2,1-4H3,(H2,60,88)(H,61,91)(H,62,92)(H,63,96)(H,64,74)(H,65,94)(H,66,75)(H,67,76)(H,68,93)(H,69,95)(H,70,89)(H,71,90)(H,78,79)(H,80,81)(H,82,83)(H,84,85)(H,86,87)/t26-,27-,28-,32-,33-,34-,35-,36-,37-,48-/m0/s1. The molecule has 532 valence electrons. The number of nitrogens with zero attached hydrogens (tertiary/aromatic N) is 2. The Bertz CT molecular complexity index is 3460. The van der Waals surface area contributed by atoms with Gasteiger partial charge < -0.3 is 94.7 Å². The summed E-state index contributed by atoms with van der Waals surface area (Å²) >= 11 is 0. The van der Waals surface area contributed by atoms with E-state index in [9.17, 15) is 116 Å². The summed E-state index contributed by atoms with van der Waals surface area (Å²) in [6.07, 6.45) is -4.86. The number of benzene rings is 2. The van der Waals surface area contributed by atoms with Crippen molar-refractivity contribution < 1.29 is 121 Å². The van der Waals surface area contributed by atoms with Crippen LogP contribution in [-0.4, -0.2) is 241 Å². The minimum Gasteiger partial charge on any atom is -0.481 e. The topological polar surface area (TPSA) is 607 Å². The van der Waals surface area contributed by atoms with E-state index >= 15 is 0 Å². The number of hydrogen-bond donors (Lipinski definition) is 17. The number of carbonyl (C=O) groups excluding carboxylic acids is 15. The van der Waals surface area contributed by atoms with Crippen LogP contribution in [0.1, 0.15) is 113 Å². The van der Waals surface area contributed by atoms with Gasteiger partial charge in [-0.2, -0.15) is 0 Å². The number of likely N-dealkylation sites (tertiary alicyclic amines) is 1. The first-order valence-electron chi connectivity index (χ1n) is 30.3. The summed E-state index contributed by atoms with van der Waals surface area (Å²) in [7, 11) is 0. The number of primary amides is 1. The molecule has 1 fully saturated rings. The maximum Gasteiger partial charge on any atom is 0.305 e. The fourth-order valence-corrected chi connectivity index (χ4v) is 9.94. The van der Waals surface area contributed by atoms with Gasteiger partial charge in [0.15, 0.2) is 0 Å². The third kappa shape index (κ3) is 23.6. The molecule has 18 N–H and O–H groups in total. The molecule has 0 aromatic heterocycles. The Morgan fingerprint density at radius 3 is 1.46 bits per heavy atom. The van der Waals surface area contributed by atoms with Crippen LogP contribution in [0.4, 0.5) is 0 Å². The first-order chi connectivity index (χ1) is 46.0. The molecular formula is C59H76N14O25. The number of nitrogens with two attached hydrogens (primary N) is 1. The van der Waals surface area contributed by atoms with Gasteiger partial charge in [-0.3, -0.25) is 101 Å². The molecule has 0 radical (unpaired) electrons. The highest BCUT2D eigenvalue weighted by molar-refractivity contribution is 6.26. The molecule has 39 nitrogen and oxygen atoms in total. The second-order valence-electron chi connectivity index (χ2n) is 22.7. The summed E-state index contributed by atoms with van der Waals surface area (Å²) in [6.45, 7) is 1.69. The van der Waals surface area contributed by atoms with Crippen molar-refractivity contribution in [2.75, 3.05) is 32.7 Å². The summed E-state index contributed by atoms with van der Waals surface area (Å²) in [5, 5.41) is 71.7. The van der Waals surface area contributed by atoms with Gasteiger partial charge in [0.2, 0.25) is 76.8 Å². The molecule has 0 saturated carbocycles. The monoisotopic (exact) mass is 1380 g/mol. The summed E-state index contributed by atoms with van der Waals surface area (Å²) in [5.41, 5.74) is 5.49. The number of rotatable bonds is 39. The Labute approximate surface area is 555 Å². The molecule has 2 aromatic carbocycles. The lowest BCUT2D eigenvalue weighted by Gasteiger charge is -2.28. The van der Waals surface area contributed by atoms with E-state index in [-0.39, 0.29) is 36.9 Å². The highest BCUT2D eigenvalue weighted by Crippen LogP contribution is 2.30. The van der Waals surface area contributed by atoms with Crippen molar-refractivity contribution >= 4 is 129 Å². The number of aliphatic carboxylic acids is 5. The van der Waals surface area contributed by atoms with Crippen molar-refractivity contribution in [1.29, 1.82) is 0 Å². The van der Waals surface area contributed by atoms with Crippen molar-refractivity contribution in [1.82, 2.24) is 68.3 Å². The third-order valence-electron chi connectivity index (χ3n) is 15.3. The van der Waals surface area contributed by atoms with Gasteiger partial charge in [-0.15, -0.1) is 0 Å². The number of carbonyl (C=O) groups is 20. The molecule has 0 unspecified atom stereocenters. The molecule has 15 amide bonds. The normalized spacial score (nSPS) is 15.8. The second kappa shape index (κ2) is 36.8. The van der Waals surface area contributed by atoms with Gasteiger partial charge in [-0.25, -0.2) is 0 Å². The predicted octanol–water partition coefficient (Wildman–Crippen LogP) is -6.62. The molecule has 2 heterocycles. The molecule has 4 rings (SSSR count). The zero-order chi connectivity index (χ0) is 73.4. The highest BCUT2D eigenvalue weighted by atomic mass is 16.4. The first kappa shape index (κ1) is 78.7. The van der Waals surface area contributed by atoms with E-state index in [2.05, 4.69) is 42.5 Å². The van der Waals surface area contributed by atoms with Crippen LogP contribution < -0.4 is 64.2 Å². The fraction of sp³-hybridized carbons (Fsp3) is 0.492. The summed E-state index contributed by atoms with van der Waals surface area (Å²) in [6, 6.07) is -5.40. The third-order valence-corrected chi connectivity index (χ3v) is 15.3. The lowest BCUT2D eigenvalue weighted by Crippen LogP contribution is -2.58. The van der Waals surface area contributed by atoms with Crippen LogP contribution in [-0.2, 0) is 86.3 Å². The maximum absolute atomic E-state index is 13.6. The molecule has 0 bridgehead atoms. The van der Waals surface area contributed by atoms with Gasteiger partial charge in [0.1, 0.15) is 60.9 Å². The SMILES string of the molecule is CC[C@H](C)[C@H](NC(=O)[C@H](C)NC(=O)CNC(=O)[C@H](CC(=O)O)NC(=O)CNC(=O)[C@H](CC(=O)O)NC(=O)[C@H](C)NC(=O)[C@H](CC(=O)O)NC(=O)CN1C(=O)c2cccc3cccc(c23)C1=O)C(=O)NCC(=O)N1CCC[C@H]1C(=O)N[C@@H](CCC(=O)O)C(=O)N[C@@H](CCC(=O)O)C(N)=O. The van der Waals surface area contributed by atoms with E-state index in [1.165, 1.54) is 19.1 Å². The van der Waals surface area contributed by atoms with Crippen LogP contribution in [0.15, 0.2) is 36.4 Å². The summed E-state index contributed by atoms with van der Waals surface area (Å²) < 4.78 is 0. The largest absolute Gasteiger partial charge is 0.481 e. The molecule has 39 heteroatoms. The van der Waals surface area contributed by atoms with Crippen LogP contribution in [0.2, 0.25) is 0 Å². The number of nitrogens with one attached hydrogen (secondary N) is 11. The highest BCUT2D eigenvalue weighted by Gasteiger charge is 2.40. The molecular weight excluding hydrogens is 1300 g/mol. The summed E-state index contributed by atoms with van der Waals surface area (Å²) in [4.78, 5) is 257. The molecule has 0 spiro atoms. The molecule has 2 aromatic rings. The van der Waals surface area contributed by atoms with E-state index < -0.39 is 250 Å². The predicted molar refractivity (Wildman–Crippen MR) is 329 cm³/mol. The average Bonchev–Trinajstić information content (AvgIpc) is 0.836.